The molecule has 2 aliphatic rings. The van der Waals surface area contributed by atoms with Crippen molar-refractivity contribution in [2.24, 2.45) is 0 Å². The van der Waals surface area contributed by atoms with Gasteiger partial charge in [0.1, 0.15) is 19.4 Å². The number of ether oxygens (including phenoxy) is 2. The van der Waals surface area contributed by atoms with Crippen LogP contribution in [0, 0.1) is 0 Å². The van der Waals surface area contributed by atoms with E-state index in [1.807, 2.05) is 18.2 Å². The molecule has 1 aromatic carbocycles. The third-order valence-corrected chi connectivity index (χ3v) is 5.65. The number of likely N-dealkylation sites (tertiary alicyclic amines) is 1. The van der Waals surface area contributed by atoms with Crippen molar-refractivity contribution in [3.63, 3.8) is 0 Å². The number of hydrogen-bond acceptors (Lipinski definition) is 4. The predicted octanol–water partition coefficient (Wildman–Crippen LogP) is 3.89. The molecule has 0 saturated carbocycles. The summed E-state index contributed by atoms with van der Waals surface area (Å²) < 4.78 is 24.9. The molecule has 1 fully saturated rings. The van der Waals surface area contributed by atoms with Crippen molar-refractivity contribution in [1.29, 1.82) is 0 Å². The van der Waals surface area contributed by atoms with Gasteiger partial charge in [0, 0.05) is 32.1 Å². The second-order valence-corrected chi connectivity index (χ2v) is 8.26. The van der Waals surface area contributed by atoms with Crippen molar-refractivity contribution in [1.82, 2.24) is 10.2 Å². The highest BCUT2D eigenvalue weighted by atomic mass is 19.1. The van der Waals surface area contributed by atoms with Crippen molar-refractivity contribution in [3.8, 4) is 11.5 Å². The Morgan fingerprint density at radius 3 is 2.76 bits per heavy atom. The molecule has 1 amide bonds. The first-order valence-corrected chi connectivity index (χ1v) is 11.2. The third kappa shape index (κ3) is 7.18. The van der Waals surface area contributed by atoms with E-state index in [2.05, 4.69) is 17.1 Å². The quantitative estimate of drug-likeness (QED) is 0.567. The van der Waals surface area contributed by atoms with Gasteiger partial charge in [-0.25, -0.2) is 4.39 Å². The average Bonchev–Trinajstić information content (AvgIpc) is 3.12. The summed E-state index contributed by atoms with van der Waals surface area (Å²) >= 11 is 0. The van der Waals surface area contributed by atoms with E-state index in [4.69, 9.17) is 9.47 Å². The Morgan fingerprint density at radius 2 is 2.00 bits per heavy atom. The second kappa shape index (κ2) is 11.4. The zero-order valence-electron chi connectivity index (χ0n) is 17.6. The molecule has 1 N–H and O–H groups in total. The van der Waals surface area contributed by atoms with E-state index in [-0.39, 0.29) is 11.9 Å². The number of benzene rings is 1. The van der Waals surface area contributed by atoms with Crippen molar-refractivity contribution < 1.29 is 18.7 Å². The minimum Gasteiger partial charge on any atom is -0.486 e. The summed E-state index contributed by atoms with van der Waals surface area (Å²) in [5.74, 6) is 1.63. The van der Waals surface area contributed by atoms with Crippen LogP contribution < -0.4 is 14.8 Å². The van der Waals surface area contributed by atoms with Crippen LogP contribution in [0.15, 0.2) is 18.2 Å². The lowest BCUT2D eigenvalue weighted by atomic mass is 10.0. The molecular formula is C23H35FN2O3. The average molecular weight is 407 g/mol. The van der Waals surface area contributed by atoms with Gasteiger partial charge in [0.15, 0.2) is 11.5 Å². The lowest BCUT2D eigenvalue weighted by molar-refractivity contribution is -0.122. The molecule has 1 aromatic rings. The Bertz CT molecular complexity index is 655. The summed E-state index contributed by atoms with van der Waals surface area (Å²) in [5.41, 5.74) is 1.10. The molecule has 3 rings (SSSR count). The number of amides is 1. The first kappa shape index (κ1) is 21.9. The molecule has 1 saturated heterocycles. The molecule has 0 radical (unpaired) electrons. The van der Waals surface area contributed by atoms with E-state index >= 15 is 0 Å². The largest absolute Gasteiger partial charge is 0.486 e. The van der Waals surface area contributed by atoms with Crippen molar-refractivity contribution in [2.45, 2.75) is 70.5 Å². The van der Waals surface area contributed by atoms with Gasteiger partial charge in [-0.2, -0.15) is 0 Å². The highest BCUT2D eigenvalue weighted by Crippen LogP contribution is 2.31. The number of nitrogens with zero attached hydrogens (tertiary/aromatic N) is 1. The summed E-state index contributed by atoms with van der Waals surface area (Å²) in [4.78, 5) is 14.6. The van der Waals surface area contributed by atoms with E-state index in [1.54, 1.807) is 0 Å². The highest BCUT2D eigenvalue weighted by molar-refractivity contribution is 5.76. The summed E-state index contributed by atoms with van der Waals surface area (Å²) in [6.45, 7) is 5.21. The lowest BCUT2D eigenvalue weighted by Crippen LogP contribution is -2.44. The molecule has 0 spiro atoms. The number of alkyl halides is 1. The van der Waals surface area contributed by atoms with Crippen LogP contribution in [0.5, 0.6) is 11.5 Å². The molecule has 0 aromatic heterocycles. The molecule has 0 aliphatic carbocycles. The number of carbonyl (C=O) groups is 1. The molecule has 2 aliphatic heterocycles. The number of fused-ring (bicyclic) bond motifs is 1. The Labute approximate surface area is 173 Å². The second-order valence-electron chi connectivity index (χ2n) is 8.26. The van der Waals surface area contributed by atoms with Gasteiger partial charge in [0.05, 0.1) is 0 Å². The Hall–Kier alpha value is -1.82. The van der Waals surface area contributed by atoms with E-state index in [0.717, 1.165) is 36.4 Å². The zero-order valence-corrected chi connectivity index (χ0v) is 17.6. The molecule has 2 heterocycles. The molecule has 6 heteroatoms. The minimum absolute atomic E-state index is 0.0361. The minimum atomic E-state index is -0.751. The van der Waals surface area contributed by atoms with E-state index in [9.17, 15) is 9.18 Å². The van der Waals surface area contributed by atoms with Gasteiger partial charge >= 0.3 is 0 Å². The van der Waals surface area contributed by atoms with Crippen LogP contribution in [0.1, 0.15) is 57.4 Å². The topological polar surface area (TPSA) is 50.8 Å². The number of carbonyl (C=O) groups excluding carboxylic acids is 1. The van der Waals surface area contributed by atoms with E-state index < -0.39 is 6.17 Å². The van der Waals surface area contributed by atoms with Gasteiger partial charge in [0.25, 0.3) is 0 Å². The van der Waals surface area contributed by atoms with Gasteiger partial charge in [-0.05, 0) is 37.0 Å². The van der Waals surface area contributed by atoms with Crippen LogP contribution >= 0.6 is 0 Å². The van der Waals surface area contributed by atoms with Crippen molar-refractivity contribution in [3.05, 3.63) is 23.8 Å². The smallest absolute Gasteiger partial charge is 0.220 e. The van der Waals surface area contributed by atoms with Crippen LogP contribution in [0.4, 0.5) is 4.39 Å². The van der Waals surface area contributed by atoms with Crippen LogP contribution in [0.25, 0.3) is 0 Å². The molecule has 29 heavy (non-hydrogen) atoms. The Morgan fingerprint density at radius 1 is 1.21 bits per heavy atom. The molecule has 5 nitrogen and oxygen atoms in total. The standard InChI is InChI=1S/C23H35FN2O3/c1-2-3-4-5-6-7-23(27)25-20(17-26-11-10-19(24)16-26)14-18-8-9-21-22(15-18)29-13-12-28-21/h8-9,15,19-20H,2-7,10-14,16-17H2,1H3,(H,25,27)/t19-,20-/m0/s1. The fraction of sp³-hybridized carbons (Fsp3) is 0.696. The first-order valence-electron chi connectivity index (χ1n) is 11.2. The summed E-state index contributed by atoms with van der Waals surface area (Å²) in [6.07, 6.45) is 6.75. The van der Waals surface area contributed by atoms with Gasteiger partial charge in [-0.1, -0.05) is 38.7 Å². The van der Waals surface area contributed by atoms with Crippen molar-refractivity contribution in [2.75, 3.05) is 32.8 Å². The maximum absolute atomic E-state index is 13.6. The zero-order chi connectivity index (χ0) is 20.5. The monoisotopic (exact) mass is 406 g/mol. The lowest BCUT2D eigenvalue weighted by Gasteiger charge is -2.25. The SMILES string of the molecule is CCCCCCCC(=O)N[C@@H](Cc1ccc2c(c1)OCCO2)CN1CC[C@H](F)C1. The first-order chi connectivity index (χ1) is 14.1. The fourth-order valence-electron chi connectivity index (χ4n) is 4.11. The van der Waals surface area contributed by atoms with Crippen LogP contribution in [0.3, 0.4) is 0 Å². The van der Waals surface area contributed by atoms with Gasteiger partial charge in [-0.3, -0.25) is 9.69 Å². The van der Waals surface area contributed by atoms with Crippen molar-refractivity contribution >= 4 is 5.91 Å². The molecule has 2 atom stereocenters. The van der Waals surface area contributed by atoms with E-state index in [1.165, 1.54) is 19.3 Å². The Balaban J connectivity index is 1.56. The molecule has 0 bridgehead atoms. The fourth-order valence-corrected chi connectivity index (χ4v) is 4.11. The summed E-state index contributed by atoms with van der Waals surface area (Å²) in [7, 11) is 0. The van der Waals surface area contributed by atoms with Crippen LogP contribution in [-0.4, -0.2) is 55.9 Å². The maximum atomic E-state index is 13.6. The van der Waals surface area contributed by atoms with Crippen LogP contribution in [-0.2, 0) is 11.2 Å². The molecule has 0 unspecified atom stereocenters. The number of unbranched alkanes of at least 4 members (excludes halogenated alkanes) is 4. The maximum Gasteiger partial charge on any atom is 0.220 e. The molecule has 162 valence electrons. The Kier molecular flexibility index (Phi) is 8.59. The number of rotatable bonds is 11. The highest BCUT2D eigenvalue weighted by Gasteiger charge is 2.25. The number of nitrogens with one attached hydrogen (secondary N) is 1. The predicted molar refractivity (Wildman–Crippen MR) is 112 cm³/mol. The summed E-state index contributed by atoms with van der Waals surface area (Å²) in [6, 6.07) is 5.93. The molecular weight excluding hydrogens is 371 g/mol. The number of hydrogen-bond donors (Lipinski definition) is 1. The van der Waals surface area contributed by atoms with Gasteiger partial charge in [-0.15, -0.1) is 0 Å². The number of halogens is 1. The summed E-state index contributed by atoms with van der Waals surface area (Å²) in [5, 5.41) is 3.20. The van der Waals surface area contributed by atoms with Crippen LogP contribution in [0.2, 0.25) is 0 Å². The third-order valence-electron chi connectivity index (χ3n) is 5.65. The van der Waals surface area contributed by atoms with Gasteiger partial charge in [0.2, 0.25) is 5.91 Å². The normalized spacial score (nSPS) is 19.9. The van der Waals surface area contributed by atoms with E-state index in [0.29, 0.717) is 45.6 Å². The van der Waals surface area contributed by atoms with Gasteiger partial charge < -0.3 is 14.8 Å².